The number of imide groups is 1. The molecule has 25 heavy (non-hydrogen) atoms. The van der Waals surface area contributed by atoms with E-state index in [9.17, 15) is 14.4 Å². The summed E-state index contributed by atoms with van der Waals surface area (Å²) in [7, 11) is 0. The van der Waals surface area contributed by atoms with Crippen molar-refractivity contribution in [3.63, 3.8) is 0 Å². The van der Waals surface area contributed by atoms with Crippen molar-refractivity contribution in [3.8, 4) is 0 Å². The fourth-order valence-electron chi connectivity index (χ4n) is 2.75. The molecular weight excluding hydrogens is 318 g/mol. The highest BCUT2D eigenvalue weighted by Crippen LogP contribution is 2.19. The van der Waals surface area contributed by atoms with Gasteiger partial charge in [0.05, 0.1) is 12.8 Å². The van der Waals surface area contributed by atoms with Gasteiger partial charge in [-0.2, -0.15) is 0 Å². The minimum Gasteiger partial charge on any atom is -0.461 e. The van der Waals surface area contributed by atoms with Gasteiger partial charge in [-0.15, -0.1) is 0 Å². The van der Waals surface area contributed by atoms with E-state index in [1.54, 1.807) is 24.3 Å². The second-order valence-corrected chi connectivity index (χ2v) is 6.08. The summed E-state index contributed by atoms with van der Waals surface area (Å²) in [5.41, 5.74) is 3.29. The van der Waals surface area contributed by atoms with Gasteiger partial charge in [0.25, 0.3) is 5.91 Å². The molecule has 0 radical (unpaired) electrons. The zero-order valence-electron chi connectivity index (χ0n) is 14.0. The van der Waals surface area contributed by atoms with Gasteiger partial charge < -0.3 is 4.74 Å². The van der Waals surface area contributed by atoms with Crippen molar-refractivity contribution < 1.29 is 19.1 Å². The van der Waals surface area contributed by atoms with E-state index in [-0.39, 0.29) is 37.8 Å². The van der Waals surface area contributed by atoms with Crippen molar-refractivity contribution in [2.45, 2.75) is 26.4 Å². The first kappa shape index (κ1) is 16.9. The minimum absolute atomic E-state index is 0.00842. The molecule has 0 saturated heterocycles. The molecule has 1 heterocycles. The predicted molar refractivity (Wildman–Crippen MR) is 91.8 cm³/mol. The molecule has 0 unspecified atom stereocenters. The number of hydrogen-bond donors (Lipinski definition) is 0. The van der Waals surface area contributed by atoms with Gasteiger partial charge in [0.1, 0.15) is 6.61 Å². The van der Waals surface area contributed by atoms with Gasteiger partial charge in [0, 0.05) is 12.1 Å². The molecule has 5 heteroatoms. The van der Waals surface area contributed by atoms with Crippen LogP contribution in [0.2, 0.25) is 0 Å². The zero-order chi connectivity index (χ0) is 17.8. The molecule has 0 saturated carbocycles. The molecule has 128 valence electrons. The Morgan fingerprint density at radius 2 is 1.80 bits per heavy atom. The average Bonchev–Trinajstić information content (AvgIpc) is 2.61. The van der Waals surface area contributed by atoms with Gasteiger partial charge in [-0.1, -0.05) is 48.0 Å². The number of ether oxygens (including phenoxy) is 1. The molecule has 1 aliphatic heterocycles. The Hall–Kier alpha value is -2.95. The van der Waals surface area contributed by atoms with Gasteiger partial charge in [0.15, 0.2) is 0 Å². The van der Waals surface area contributed by atoms with Crippen LogP contribution in [-0.2, 0) is 27.4 Å². The van der Waals surface area contributed by atoms with Crippen LogP contribution in [0.15, 0.2) is 48.5 Å². The van der Waals surface area contributed by atoms with Crippen LogP contribution in [-0.4, -0.2) is 29.2 Å². The number of fused-ring (bicyclic) bond motifs is 1. The third kappa shape index (κ3) is 3.94. The lowest BCUT2D eigenvalue weighted by molar-refractivity contribution is -0.145. The normalized spacial score (nSPS) is 13.6. The second-order valence-electron chi connectivity index (χ2n) is 6.08. The maximum Gasteiger partial charge on any atom is 0.307 e. The average molecular weight is 337 g/mol. The standard InChI is InChI=1S/C20H19NO4/c1-14-6-8-15(9-7-14)13-25-19(23)10-11-21-18(22)12-16-4-2-3-5-17(16)20(21)24/h2-9H,10-13H2,1H3. The first-order valence-electron chi connectivity index (χ1n) is 8.18. The number of rotatable bonds is 5. The molecule has 0 spiro atoms. The monoisotopic (exact) mass is 337 g/mol. The van der Waals surface area contributed by atoms with E-state index in [0.29, 0.717) is 5.56 Å². The molecule has 0 aliphatic carbocycles. The van der Waals surface area contributed by atoms with Crippen molar-refractivity contribution in [1.29, 1.82) is 0 Å². The largest absolute Gasteiger partial charge is 0.461 e. The fraction of sp³-hybridized carbons (Fsp3) is 0.250. The van der Waals surface area contributed by atoms with Crippen LogP contribution in [0.1, 0.15) is 33.5 Å². The summed E-state index contributed by atoms with van der Waals surface area (Å²) in [4.78, 5) is 37.6. The lowest BCUT2D eigenvalue weighted by Gasteiger charge is -2.26. The number of carbonyl (C=O) groups is 3. The number of hydrogen-bond acceptors (Lipinski definition) is 4. The van der Waals surface area contributed by atoms with Crippen LogP contribution in [0.3, 0.4) is 0 Å². The predicted octanol–water partition coefficient (Wildman–Crippen LogP) is 2.65. The molecule has 5 nitrogen and oxygen atoms in total. The molecule has 1 aliphatic rings. The van der Waals surface area contributed by atoms with Crippen molar-refractivity contribution in [1.82, 2.24) is 4.90 Å². The van der Waals surface area contributed by atoms with E-state index in [1.165, 1.54) is 0 Å². The summed E-state index contributed by atoms with van der Waals surface area (Å²) in [6.45, 7) is 2.21. The Morgan fingerprint density at radius 1 is 1.08 bits per heavy atom. The highest BCUT2D eigenvalue weighted by molar-refractivity contribution is 6.09. The number of benzene rings is 2. The molecule has 0 aromatic heterocycles. The lowest BCUT2D eigenvalue weighted by atomic mass is 9.98. The van der Waals surface area contributed by atoms with Gasteiger partial charge in [-0.05, 0) is 24.1 Å². The van der Waals surface area contributed by atoms with E-state index < -0.39 is 5.97 Å². The van der Waals surface area contributed by atoms with Crippen molar-refractivity contribution >= 4 is 17.8 Å². The maximum atomic E-state index is 12.4. The lowest BCUT2D eigenvalue weighted by Crippen LogP contribution is -2.43. The molecule has 2 amide bonds. The highest BCUT2D eigenvalue weighted by atomic mass is 16.5. The zero-order valence-corrected chi connectivity index (χ0v) is 14.0. The summed E-state index contributed by atoms with van der Waals surface area (Å²) < 4.78 is 5.21. The quantitative estimate of drug-likeness (QED) is 0.621. The molecule has 2 aromatic carbocycles. The van der Waals surface area contributed by atoms with Gasteiger partial charge in [-0.25, -0.2) is 0 Å². The van der Waals surface area contributed by atoms with Crippen LogP contribution in [0, 0.1) is 6.92 Å². The molecule has 0 bridgehead atoms. The van der Waals surface area contributed by atoms with Crippen LogP contribution in [0.5, 0.6) is 0 Å². The third-order valence-electron chi connectivity index (χ3n) is 4.20. The van der Waals surface area contributed by atoms with E-state index in [4.69, 9.17) is 4.74 Å². The van der Waals surface area contributed by atoms with Crippen molar-refractivity contribution in [2.24, 2.45) is 0 Å². The topological polar surface area (TPSA) is 63.7 Å². The molecule has 0 N–H and O–H groups in total. The Labute approximate surface area is 146 Å². The fourth-order valence-corrected chi connectivity index (χ4v) is 2.75. The maximum absolute atomic E-state index is 12.4. The second kappa shape index (κ2) is 7.30. The summed E-state index contributed by atoms with van der Waals surface area (Å²) in [5.74, 6) is -1.06. The van der Waals surface area contributed by atoms with E-state index in [1.807, 2.05) is 31.2 Å². The van der Waals surface area contributed by atoms with Crippen molar-refractivity contribution in [3.05, 3.63) is 70.8 Å². The van der Waals surface area contributed by atoms with Crippen LogP contribution >= 0.6 is 0 Å². The van der Waals surface area contributed by atoms with Crippen LogP contribution in [0.25, 0.3) is 0 Å². The highest BCUT2D eigenvalue weighted by Gasteiger charge is 2.30. The summed E-state index contributed by atoms with van der Waals surface area (Å²) in [5, 5.41) is 0. The summed E-state index contributed by atoms with van der Waals surface area (Å²) >= 11 is 0. The van der Waals surface area contributed by atoms with Gasteiger partial charge in [0.2, 0.25) is 5.91 Å². The van der Waals surface area contributed by atoms with E-state index in [2.05, 4.69) is 0 Å². The number of aryl methyl sites for hydroxylation is 1. The summed E-state index contributed by atoms with van der Waals surface area (Å²) in [6.07, 6.45) is 0.172. The SMILES string of the molecule is Cc1ccc(COC(=O)CCN2C(=O)Cc3ccccc3C2=O)cc1. The van der Waals surface area contributed by atoms with Crippen LogP contribution < -0.4 is 0 Å². The molecule has 2 aromatic rings. The minimum atomic E-state index is -0.431. The molecule has 3 rings (SSSR count). The number of amides is 2. The van der Waals surface area contributed by atoms with Crippen molar-refractivity contribution in [2.75, 3.05) is 6.54 Å². The molecule has 0 fully saturated rings. The third-order valence-corrected chi connectivity index (χ3v) is 4.20. The number of carbonyl (C=O) groups excluding carboxylic acids is 3. The summed E-state index contributed by atoms with van der Waals surface area (Å²) in [6, 6.07) is 14.7. The van der Waals surface area contributed by atoms with E-state index in [0.717, 1.165) is 21.6 Å². The Balaban J connectivity index is 1.54. The smallest absolute Gasteiger partial charge is 0.307 e. The Bertz CT molecular complexity index is 811. The molecule has 0 atom stereocenters. The first-order chi connectivity index (χ1) is 12.0. The number of nitrogens with zero attached hydrogens (tertiary/aromatic N) is 1. The first-order valence-corrected chi connectivity index (χ1v) is 8.18. The Kier molecular flexibility index (Phi) is 4.93. The molecular formula is C20H19NO4. The van der Waals surface area contributed by atoms with Gasteiger partial charge in [-0.3, -0.25) is 19.3 Å². The Morgan fingerprint density at radius 3 is 2.56 bits per heavy atom. The number of esters is 1. The van der Waals surface area contributed by atoms with Crippen LogP contribution in [0.4, 0.5) is 0 Å². The van der Waals surface area contributed by atoms with Gasteiger partial charge >= 0.3 is 5.97 Å². The van der Waals surface area contributed by atoms with E-state index >= 15 is 0 Å².